The molecule has 1 saturated heterocycles. The highest BCUT2D eigenvalue weighted by Gasteiger charge is 2.27. The zero-order valence-electron chi connectivity index (χ0n) is 12.8. The van der Waals surface area contributed by atoms with Gasteiger partial charge in [-0.15, -0.1) is 0 Å². The van der Waals surface area contributed by atoms with Gasteiger partial charge in [0.1, 0.15) is 0 Å². The summed E-state index contributed by atoms with van der Waals surface area (Å²) in [6.45, 7) is 3.37. The van der Waals surface area contributed by atoms with Crippen LogP contribution in [0.2, 0.25) is 5.02 Å². The van der Waals surface area contributed by atoms with Gasteiger partial charge in [0.15, 0.2) is 0 Å². The maximum absolute atomic E-state index is 12.4. The minimum absolute atomic E-state index is 0.138. The maximum atomic E-state index is 12.4. The molecule has 7 heteroatoms. The third-order valence-electron chi connectivity index (χ3n) is 3.89. The van der Waals surface area contributed by atoms with Gasteiger partial charge in [-0.2, -0.15) is 4.31 Å². The van der Waals surface area contributed by atoms with Gasteiger partial charge in [0, 0.05) is 25.2 Å². The van der Waals surface area contributed by atoms with Crippen molar-refractivity contribution in [2.75, 3.05) is 26.7 Å². The molecule has 1 fully saturated rings. The number of likely N-dealkylation sites (N-methyl/N-ethyl adjacent to an activating group) is 1. The molecule has 1 aliphatic heterocycles. The third kappa shape index (κ3) is 4.00. The van der Waals surface area contributed by atoms with E-state index < -0.39 is 10.0 Å². The summed E-state index contributed by atoms with van der Waals surface area (Å²) in [6.07, 6.45) is 2.09. The smallest absolute Gasteiger partial charge is 0.243 e. The number of rotatable bonds is 4. The lowest BCUT2D eigenvalue weighted by atomic mass is 10.0. The molecule has 1 amide bonds. The summed E-state index contributed by atoms with van der Waals surface area (Å²) < 4.78 is 26.0. The second kappa shape index (κ2) is 6.98. The van der Waals surface area contributed by atoms with E-state index in [-0.39, 0.29) is 17.3 Å². The standard InChI is InChI=1S/C15H21ClN2O3S/c1-12-4-3-9-18(10-12)15(19)11-17(2)22(20,21)14-7-5-13(16)6-8-14/h5-8,12H,3-4,9-11H2,1-2H3/t12-/m0/s1. The summed E-state index contributed by atoms with van der Waals surface area (Å²) in [4.78, 5) is 14.2. The number of hydrogen-bond donors (Lipinski definition) is 0. The minimum Gasteiger partial charge on any atom is -0.341 e. The van der Waals surface area contributed by atoms with Crippen LogP contribution in [-0.2, 0) is 14.8 Å². The molecule has 0 aromatic heterocycles. The van der Waals surface area contributed by atoms with Crippen LogP contribution < -0.4 is 0 Å². The Kier molecular flexibility index (Phi) is 5.47. The van der Waals surface area contributed by atoms with Crippen LogP contribution in [0, 0.1) is 5.92 Å². The van der Waals surface area contributed by atoms with Crippen LogP contribution in [0.1, 0.15) is 19.8 Å². The van der Waals surface area contributed by atoms with E-state index in [1.54, 1.807) is 4.90 Å². The molecule has 1 atom stereocenters. The summed E-state index contributed by atoms with van der Waals surface area (Å²) in [5, 5.41) is 0.472. The molecular weight excluding hydrogens is 324 g/mol. The zero-order valence-corrected chi connectivity index (χ0v) is 14.4. The van der Waals surface area contributed by atoms with Crippen molar-refractivity contribution in [1.82, 2.24) is 9.21 Å². The number of likely N-dealkylation sites (tertiary alicyclic amines) is 1. The molecule has 0 N–H and O–H groups in total. The second-order valence-corrected chi connectivity index (χ2v) is 8.28. The molecule has 2 rings (SSSR count). The average Bonchev–Trinajstić information content (AvgIpc) is 2.47. The Morgan fingerprint density at radius 1 is 1.36 bits per heavy atom. The molecular formula is C15H21ClN2O3S. The number of nitrogens with zero attached hydrogens (tertiary/aromatic N) is 2. The highest BCUT2D eigenvalue weighted by atomic mass is 35.5. The van der Waals surface area contributed by atoms with Gasteiger partial charge in [-0.25, -0.2) is 8.42 Å². The largest absolute Gasteiger partial charge is 0.341 e. The number of sulfonamides is 1. The monoisotopic (exact) mass is 344 g/mol. The fourth-order valence-corrected chi connectivity index (χ4v) is 3.82. The molecule has 0 radical (unpaired) electrons. The first-order valence-corrected chi connectivity index (χ1v) is 9.12. The molecule has 122 valence electrons. The minimum atomic E-state index is -3.68. The number of carbonyl (C=O) groups is 1. The van der Waals surface area contributed by atoms with Crippen LogP contribution in [-0.4, -0.2) is 50.2 Å². The van der Waals surface area contributed by atoms with E-state index in [0.29, 0.717) is 24.0 Å². The van der Waals surface area contributed by atoms with Gasteiger partial charge in [0.05, 0.1) is 11.4 Å². The van der Waals surface area contributed by atoms with E-state index in [9.17, 15) is 13.2 Å². The molecule has 1 heterocycles. The van der Waals surface area contributed by atoms with Gasteiger partial charge in [0.25, 0.3) is 0 Å². The average molecular weight is 345 g/mol. The number of hydrogen-bond acceptors (Lipinski definition) is 3. The summed E-state index contributed by atoms with van der Waals surface area (Å²) in [6, 6.07) is 5.94. The molecule has 1 aromatic carbocycles. The Balaban J connectivity index is 2.05. The number of halogens is 1. The first-order valence-electron chi connectivity index (χ1n) is 7.30. The van der Waals surface area contributed by atoms with Crippen molar-refractivity contribution in [2.24, 2.45) is 5.92 Å². The van der Waals surface area contributed by atoms with Gasteiger partial charge in [-0.3, -0.25) is 4.79 Å². The van der Waals surface area contributed by atoms with Gasteiger partial charge in [-0.1, -0.05) is 18.5 Å². The van der Waals surface area contributed by atoms with E-state index in [1.807, 2.05) is 0 Å². The van der Waals surface area contributed by atoms with E-state index in [4.69, 9.17) is 11.6 Å². The zero-order chi connectivity index (χ0) is 16.3. The summed E-state index contributed by atoms with van der Waals surface area (Å²) in [7, 11) is -2.25. The fourth-order valence-electron chi connectivity index (χ4n) is 2.58. The molecule has 22 heavy (non-hydrogen) atoms. The van der Waals surface area contributed by atoms with E-state index in [2.05, 4.69) is 6.92 Å². The van der Waals surface area contributed by atoms with Crippen molar-refractivity contribution in [3.05, 3.63) is 29.3 Å². The highest BCUT2D eigenvalue weighted by Crippen LogP contribution is 2.19. The van der Waals surface area contributed by atoms with Crippen molar-refractivity contribution in [3.63, 3.8) is 0 Å². The second-order valence-electron chi connectivity index (χ2n) is 5.80. The molecule has 0 spiro atoms. The Hall–Kier alpha value is -1.11. The number of carbonyl (C=O) groups excluding carboxylic acids is 1. The first kappa shape index (κ1) is 17.2. The number of amides is 1. The van der Waals surface area contributed by atoms with E-state index >= 15 is 0 Å². The highest BCUT2D eigenvalue weighted by molar-refractivity contribution is 7.89. The molecule has 0 aliphatic carbocycles. The predicted molar refractivity (Wildman–Crippen MR) is 86.2 cm³/mol. The molecule has 0 bridgehead atoms. The van der Waals surface area contributed by atoms with Crippen LogP contribution in [0.15, 0.2) is 29.2 Å². The summed E-state index contributed by atoms with van der Waals surface area (Å²) >= 11 is 5.77. The van der Waals surface area contributed by atoms with Gasteiger partial charge in [-0.05, 0) is 43.0 Å². The summed E-state index contributed by atoms with van der Waals surface area (Å²) in [5.41, 5.74) is 0. The van der Waals surface area contributed by atoms with E-state index in [0.717, 1.165) is 17.1 Å². The summed E-state index contributed by atoms with van der Waals surface area (Å²) in [5.74, 6) is 0.322. The number of benzene rings is 1. The Bertz CT molecular complexity index is 631. The van der Waals surface area contributed by atoms with Crippen LogP contribution >= 0.6 is 11.6 Å². The van der Waals surface area contributed by atoms with Crippen molar-refractivity contribution < 1.29 is 13.2 Å². The van der Waals surface area contributed by atoms with Crippen LogP contribution in [0.3, 0.4) is 0 Å². The van der Waals surface area contributed by atoms with Crippen LogP contribution in [0.5, 0.6) is 0 Å². The maximum Gasteiger partial charge on any atom is 0.243 e. The molecule has 5 nitrogen and oxygen atoms in total. The van der Waals surface area contributed by atoms with Crippen molar-refractivity contribution in [1.29, 1.82) is 0 Å². The van der Waals surface area contributed by atoms with E-state index in [1.165, 1.54) is 31.3 Å². The fraction of sp³-hybridized carbons (Fsp3) is 0.533. The van der Waals surface area contributed by atoms with Crippen molar-refractivity contribution in [3.8, 4) is 0 Å². The van der Waals surface area contributed by atoms with Crippen LogP contribution in [0.4, 0.5) is 0 Å². The topological polar surface area (TPSA) is 57.7 Å². The lowest BCUT2D eigenvalue weighted by molar-refractivity contribution is -0.132. The normalized spacial score (nSPS) is 19.5. The SMILES string of the molecule is C[C@H]1CCCN(C(=O)CN(C)S(=O)(=O)c2ccc(Cl)cc2)C1. The van der Waals surface area contributed by atoms with Gasteiger partial charge in [0.2, 0.25) is 15.9 Å². The Morgan fingerprint density at radius 2 is 2.00 bits per heavy atom. The molecule has 1 aliphatic rings. The first-order chi connectivity index (χ1) is 10.3. The van der Waals surface area contributed by atoms with Gasteiger partial charge < -0.3 is 4.90 Å². The lowest BCUT2D eigenvalue weighted by Gasteiger charge is -2.32. The molecule has 0 saturated carbocycles. The molecule has 0 unspecified atom stereocenters. The van der Waals surface area contributed by atoms with Crippen molar-refractivity contribution >= 4 is 27.5 Å². The number of piperidine rings is 1. The Morgan fingerprint density at radius 3 is 2.59 bits per heavy atom. The van der Waals surface area contributed by atoms with Crippen LogP contribution in [0.25, 0.3) is 0 Å². The quantitative estimate of drug-likeness (QED) is 0.841. The molecule has 1 aromatic rings. The van der Waals surface area contributed by atoms with Gasteiger partial charge >= 0.3 is 0 Å². The Labute approximate surface area is 136 Å². The predicted octanol–water partition coefficient (Wildman–Crippen LogP) is 2.22. The third-order valence-corrected chi connectivity index (χ3v) is 5.96. The van der Waals surface area contributed by atoms with Crippen molar-refractivity contribution in [2.45, 2.75) is 24.7 Å². The lowest BCUT2D eigenvalue weighted by Crippen LogP contribution is -2.45.